The predicted molar refractivity (Wildman–Crippen MR) is 68.5 cm³/mol. The molecule has 1 N–H and O–H groups in total. The summed E-state index contributed by atoms with van der Waals surface area (Å²) in [6.45, 7) is 5.81. The second kappa shape index (κ2) is 5.07. The van der Waals surface area contributed by atoms with Gasteiger partial charge in [0.25, 0.3) is 0 Å². The van der Waals surface area contributed by atoms with Crippen molar-refractivity contribution in [1.82, 2.24) is 4.90 Å². The summed E-state index contributed by atoms with van der Waals surface area (Å²) in [6, 6.07) is 6.06. The number of aliphatic hydroxyl groups is 1. The maximum atomic E-state index is 9.99. The minimum absolute atomic E-state index is 0.0771. The lowest BCUT2D eigenvalue weighted by Crippen LogP contribution is -2.47. The van der Waals surface area contributed by atoms with Gasteiger partial charge in [-0.05, 0) is 44.5 Å². The summed E-state index contributed by atoms with van der Waals surface area (Å²) in [6.07, 6.45) is 0.408. The number of ether oxygens (including phenoxy) is 1. The van der Waals surface area contributed by atoms with Gasteiger partial charge in [0.15, 0.2) is 0 Å². The van der Waals surface area contributed by atoms with Gasteiger partial charge in [-0.2, -0.15) is 0 Å². The van der Waals surface area contributed by atoms with Crippen molar-refractivity contribution in [2.45, 2.75) is 32.5 Å². The van der Waals surface area contributed by atoms with Gasteiger partial charge in [0, 0.05) is 13.1 Å². The number of likely N-dealkylation sites (tertiary alicyclic amines) is 1. The summed E-state index contributed by atoms with van der Waals surface area (Å²) >= 11 is 0. The minimum Gasteiger partial charge on any atom is -0.487 e. The Balaban J connectivity index is 2.08. The molecule has 1 aliphatic rings. The first-order valence-electron chi connectivity index (χ1n) is 6.17. The van der Waals surface area contributed by atoms with E-state index >= 15 is 0 Å². The first-order chi connectivity index (χ1) is 8.08. The summed E-state index contributed by atoms with van der Waals surface area (Å²) in [5.74, 6) is 0.901. The molecule has 1 aromatic rings. The zero-order valence-corrected chi connectivity index (χ0v) is 10.8. The van der Waals surface area contributed by atoms with Gasteiger partial charge < -0.3 is 14.7 Å². The highest BCUT2D eigenvalue weighted by molar-refractivity contribution is 5.38. The highest BCUT2D eigenvalue weighted by atomic mass is 16.5. The summed E-state index contributed by atoms with van der Waals surface area (Å²) in [7, 11) is 2.03. The number of aryl methyl sites for hydroxylation is 1. The zero-order valence-electron chi connectivity index (χ0n) is 10.8. The highest BCUT2D eigenvalue weighted by Gasteiger charge is 2.27. The Morgan fingerprint density at radius 1 is 1.35 bits per heavy atom. The predicted octanol–water partition coefficient (Wildman–Crippen LogP) is 1.75. The Kier molecular flexibility index (Phi) is 3.69. The number of β-amino-alcohol motifs (C(OH)–C–C–N with tert-alkyl or cyclic N) is 1. The van der Waals surface area contributed by atoms with Gasteiger partial charge in [-0.1, -0.05) is 12.1 Å². The summed E-state index contributed by atoms with van der Waals surface area (Å²) in [5, 5.41) is 9.99. The third-order valence-corrected chi connectivity index (χ3v) is 3.56. The lowest BCUT2D eigenvalue weighted by Gasteiger charge is -2.34. The quantitative estimate of drug-likeness (QED) is 0.847. The molecule has 0 amide bonds. The average molecular weight is 235 g/mol. The molecule has 1 fully saturated rings. The number of hydrogen-bond acceptors (Lipinski definition) is 3. The third kappa shape index (κ3) is 2.79. The fourth-order valence-electron chi connectivity index (χ4n) is 2.22. The molecule has 0 aromatic heterocycles. The Morgan fingerprint density at radius 3 is 2.82 bits per heavy atom. The molecule has 2 rings (SSSR count). The van der Waals surface area contributed by atoms with Crippen LogP contribution in [0.1, 0.15) is 17.5 Å². The van der Waals surface area contributed by atoms with E-state index in [9.17, 15) is 5.11 Å². The first kappa shape index (κ1) is 12.4. The third-order valence-electron chi connectivity index (χ3n) is 3.56. The molecular weight excluding hydrogens is 214 g/mol. The Hall–Kier alpha value is -1.06. The van der Waals surface area contributed by atoms with Crippen LogP contribution in [-0.4, -0.2) is 42.4 Å². The highest BCUT2D eigenvalue weighted by Crippen LogP contribution is 2.24. The van der Waals surface area contributed by atoms with Crippen LogP contribution in [-0.2, 0) is 0 Å². The molecule has 2 atom stereocenters. The van der Waals surface area contributed by atoms with Gasteiger partial charge in [-0.25, -0.2) is 0 Å². The molecule has 0 bridgehead atoms. The van der Waals surface area contributed by atoms with Crippen LogP contribution in [0.25, 0.3) is 0 Å². The standard InChI is InChI=1S/C14H21NO2/c1-10-5-4-6-13(11(10)2)17-14-7-8-15(3)9-12(14)16/h4-6,12,14,16H,7-9H2,1-3H3/t12-,14+/m0/s1. The van der Waals surface area contributed by atoms with Crippen molar-refractivity contribution in [1.29, 1.82) is 0 Å². The van der Waals surface area contributed by atoms with Crippen LogP contribution in [0, 0.1) is 13.8 Å². The Morgan fingerprint density at radius 2 is 2.12 bits per heavy atom. The largest absolute Gasteiger partial charge is 0.487 e. The van der Waals surface area contributed by atoms with E-state index in [4.69, 9.17) is 4.74 Å². The number of piperidine rings is 1. The molecule has 1 saturated heterocycles. The average Bonchev–Trinajstić information content (AvgIpc) is 2.28. The van der Waals surface area contributed by atoms with Gasteiger partial charge in [0.2, 0.25) is 0 Å². The molecule has 94 valence electrons. The zero-order chi connectivity index (χ0) is 12.4. The molecule has 0 saturated carbocycles. The number of hydrogen-bond donors (Lipinski definition) is 1. The molecule has 1 heterocycles. The smallest absolute Gasteiger partial charge is 0.127 e. The van der Waals surface area contributed by atoms with Crippen LogP contribution in [0.15, 0.2) is 18.2 Å². The van der Waals surface area contributed by atoms with E-state index in [-0.39, 0.29) is 6.10 Å². The van der Waals surface area contributed by atoms with Crippen molar-refractivity contribution < 1.29 is 9.84 Å². The summed E-state index contributed by atoms with van der Waals surface area (Å²) < 4.78 is 5.95. The molecule has 17 heavy (non-hydrogen) atoms. The van der Waals surface area contributed by atoms with E-state index in [1.165, 1.54) is 11.1 Å². The fourth-order valence-corrected chi connectivity index (χ4v) is 2.22. The topological polar surface area (TPSA) is 32.7 Å². The van der Waals surface area contributed by atoms with Crippen LogP contribution in [0.3, 0.4) is 0 Å². The van der Waals surface area contributed by atoms with Crippen molar-refractivity contribution in [3.63, 3.8) is 0 Å². The number of nitrogens with zero attached hydrogens (tertiary/aromatic N) is 1. The fraction of sp³-hybridized carbons (Fsp3) is 0.571. The van der Waals surface area contributed by atoms with E-state index in [0.29, 0.717) is 6.54 Å². The Labute approximate surface area is 103 Å². The van der Waals surface area contributed by atoms with Crippen LogP contribution < -0.4 is 4.74 Å². The van der Waals surface area contributed by atoms with Crippen LogP contribution in [0.2, 0.25) is 0 Å². The lowest BCUT2D eigenvalue weighted by molar-refractivity contribution is -0.0184. The molecule has 0 radical (unpaired) electrons. The molecule has 3 nitrogen and oxygen atoms in total. The molecule has 0 aliphatic carbocycles. The maximum Gasteiger partial charge on any atom is 0.127 e. The minimum atomic E-state index is -0.395. The van der Waals surface area contributed by atoms with Crippen LogP contribution in [0.4, 0.5) is 0 Å². The Bertz CT molecular complexity index is 392. The lowest BCUT2D eigenvalue weighted by atomic mass is 10.0. The van der Waals surface area contributed by atoms with E-state index in [1.54, 1.807) is 0 Å². The summed E-state index contributed by atoms with van der Waals surface area (Å²) in [5.41, 5.74) is 2.39. The van der Waals surface area contributed by atoms with Crippen molar-refractivity contribution in [2.75, 3.05) is 20.1 Å². The van der Waals surface area contributed by atoms with E-state index in [2.05, 4.69) is 24.8 Å². The molecule has 0 unspecified atom stereocenters. The van der Waals surface area contributed by atoms with Crippen LogP contribution in [0.5, 0.6) is 5.75 Å². The van der Waals surface area contributed by atoms with Crippen molar-refractivity contribution in [2.24, 2.45) is 0 Å². The van der Waals surface area contributed by atoms with Gasteiger partial charge >= 0.3 is 0 Å². The molecule has 0 spiro atoms. The second-order valence-electron chi connectivity index (χ2n) is 4.97. The normalized spacial score (nSPS) is 25.9. The molecule has 3 heteroatoms. The van der Waals surface area contributed by atoms with E-state index in [0.717, 1.165) is 18.7 Å². The SMILES string of the molecule is Cc1cccc(O[C@@H]2CCN(C)C[C@@H]2O)c1C. The van der Waals surface area contributed by atoms with Crippen molar-refractivity contribution >= 4 is 0 Å². The van der Waals surface area contributed by atoms with Crippen LogP contribution >= 0.6 is 0 Å². The van der Waals surface area contributed by atoms with Gasteiger partial charge in [-0.15, -0.1) is 0 Å². The van der Waals surface area contributed by atoms with Crippen molar-refractivity contribution in [3.05, 3.63) is 29.3 Å². The number of aliphatic hydroxyl groups excluding tert-OH is 1. The molecular formula is C14H21NO2. The maximum absolute atomic E-state index is 9.99. The summed E-state index contributed by atoms with van der Waals surface area (Å²) in [4.78, 5) is 2.13. The van der Waals surface area contributed by atoms with Gasteiger partial charge in [-0.3, -0.25) is 0 Å². The monoisotopic (exact) mass is 235 g/mol. The first-order valence-corrected chi connectivity index (χ1v) is 6.17. The van der Waals surface area contributed by atoms with Gasteiger partial charge in [0.05, 0.1) is 0 Å². The van der Waals surface area contributed by atoms with E-state index in [1.807, 2.05) is 19.2 Å². The number of likely N-dealkylation sites (N-methyl/N-ethyl adjacent to an activating group) is 1. The number of benzene rings is 1. The van der Waals surface area contributed by atoms with Gasteiger partial charge in [0.1, 0.15) is 18.0 Å². The van der Waals surface area contributed by atoms with Crippen molar-refractivity contribution in [3.8, 4) is 5.75 Å². The molecule has 1 aromatic carbocycles. The van der Waals surface area contributed by atoms with E-state index < -0.39 is 6.10 Å². The molecule has 1 aliphatic heterocycles. The number of rotatable bonds is 2. The second-order valence-corrected chi connectivity index (χ2v) is 4.97.